The van der Waals surface area contributed by atoms with Crippen LogP contribution < -0.4 is 4.74 Å². The molecule has 0 aliphatic heterocycles. The highest BCUT2D eigenvalue weighted by molar-refractivity contribution is 5.30. The minimum Gasteiger partial charge on any atom is -0.489 e. The molecule has 0 radical (unpaired) electrons. The van der Waals surface area contributed by atoms with Crippen LogP contribution in [0.3, 0.4) is 0 Å². The molecule has 0 saturated heterocycles. The Morgan fingerprint density at radius 1 is 0.938 bits per heavy atom. The third-order valence-electron chi connectivity index (χ3n) is 2.64. The Morgan fingerprint density at radius 2 is 1.69 bits per heavy atom. The van der Waals surface area contributed by atoms with Gasteiger partial charge in [0.2, 0.25) is 0 Å². The van der Waals surface area contributed by atoms with Crippen molar-refractivity contribution in [3.8, 4) is 5.75 Å². The SMILES string of the molecule is Cc1ccc(C)c(COc2ccccc2)c1. The zero-order chi connectivity index (χ0) is 11.4. The first-order valence-corrected chi connectivity index (χ1v) is 5.50. The van der Waals surface area contributed by atoms with E-state index in [1.54, 1.807) is 0 Å². The second-order valence-electron chi connectivity index (χ2n) is 4.03. The molecule has 0 N–H and O–H groups in total. The predicted octanol–water partition coefficient (Wildman–Crippen LogP) is 3.88. The number of hydrogen-bond acceptors (Lipinski definition) is 1. The van der Waals surface area contributed by atoms with Gasteiger partial charge >= 0.3 is 0 Å². The Hall–Kier alpha value is -1.76. The van der Waals surface area contributed by atoms with Gasteiger partial charge in [-0.2, -0.15) is 0 Å². The standard InChI is InChI=1S/C15H16O/c1-12-8-9-13(2)14(10-12)11-16-15-6-4-3-5-7-15/h3-10H,11H2,1-2H3. The average molecular weight is 212 g/mol. The molecule has 1 nitrogen and oxygen atoms in total. The summed E-state index contributed by atoms with van der Waals surface area (Å²) in [7, 11) is 0. The van der Waals surface area contributed by atoms with Crippen LogP contribution in [-0.4, -0.2) is 0 Å². The van der Waals surface area contributed by atoms with Crippen molar-refractivity contribution in [1.29, 1.82) is 0 Å². The van der Waals surface area contributed by atoms with E-state index in [9.17, 15) is 0 Å². The lowest BCUT2D eigenvalue weighted by atomic mass is 10.1. The molecular weight excluding hydrogens is 196 g/mol. The predicted molar refractivity (Wildman–Crippen MR) is 66.7 cm³/mol. The van der Waals surface area contributed by atoms with Gasteiger partial charge in [0.15, 0.2) is 0 Å². The van der Waals surface area contributed by atoms with Crippen LogP contribution in [0, 0.1) is 13.8 Å². The first-order chi connectivity index (χ1) is 7.75. The molecule has 0 spiro atoms. The van der Waals surface area contributed by atoms with E-state index in [-0.39, 0.29) is 0 Å². The maximum atomic E-state index is 5.73. The zero-order valence-electron chi connectivity index (χ0n) is 9.73. The summed E-state index contributed by atoms with van der Waals surface area (Å²) in [6.07, 6.45) is 0. The molecule has 0 fully saturated rings. The number of para-hydroxylation sites is 1. The van der Waals surface area contributed by atoms with Crippen LogP contribution in [0.15, 0.2) is 48.5 Å². The Labute approximate surface area is 96.7 Å². The van der Waals surface area contributed by atoms with Gasteiger partial charge in [0, 0.05) is 0 Å². The van der Waals surface area contributed by atoms with E-state index in [1.807, 2.05) is 30.3 Å². The van der Waals surface area contributed by atoms with Crippen molar-refractivity contribution in [2.45, 2.75) is 20.5 Å². The minimum absolute atomic E-state index is 0.636. The third kappa shape index (κ3) is 2.63. The molecule has 0 heterocycles. The van der Waals surface area contributed by atoms with E-state index in [4.69, 9.17) is 4.74 Å². The van der Waals surface area contributed by atoms with Gasteiger partial charge in [0.05, 0.1) is 0 Å². The van der Waals surface area contributed by atoms with E-state index in [2.05, 4.69) is 32.0 Å². The Balaban J connectivity index is 2.08. The first-order valence-electron chi connectivity index (χ1n) is 5.50. The van der Waals surface area contributed by atoms with Gasteiger partial charge in [-0.3, -0.25) is 0 Å². The summed E-state index contributed by atoms with van der Waals surface area (Å²) in [6, 6.07) is 16.4. The number of aryl methyl sites for hydroxylation is 2. The lowest BCUT2D eigenvalue weighted by molar-refractivity contribution is 0.305. The molecule has 2 rings (SSSR count). The second kappa shape index (κ2) is 4.84. The van der Waals surface area contributed by atoms with Crippen molar-refractivity contribution in [3.63, 3.8) is 0 Å². The van der Waals surface area contributed by atoms with E-state index in [1.165, 1.54) is 16.7 Å². The smallest absolute Gasteiger partial charge is 0.119 e. The Bertz CT molecular complexity index is 460. The normalized spacial score (nSPS) is 10.1. The number of ether oxygens (including phenoxy) is 1. The molecular formula is C15H16O. The highest BCUT2D eigenvalue weighted by Gasteiger charge is 1.99. The molecule has 0 aromatic heterocycles. The van der Waals surface area contributed by atoms with Gasteiger partial charge in [0.1, 0.15) is 12.4 Å². The van der Waals surface area contributed by atoms with Gasteiger partial charge in [-0.25, -0.2) is 0 Å². The van der Waals surface area contributed by atoms with Gasteiger partial charge in [-0.05, 0) is 37.1 Å². The molecule has 16 heavy (non-hydrogen) atoms. The summed E-state index contributed by atoms with van der Waals surface area (Å²) in [5.74, 6) is 0.920. The van der Waals surface area contributed by atoms with Crippen molar-refractivity contribution >= 4 is 0 Å². The summed E-state index contributed by atoms with van der Waals surface area (Å²) in [6.45, 7) is 4.85. The molecule has 2 aromatic carbocycles. The minimum atomic E-state index is 0.636. The van der Waals surface area contributed by atoms with Crippen LogP contribution in [0.1, 0.15) is 16.7 Å². The van der Waals surface area contributed by atoms with Crippen LogP contribution >= 0.6 is 0 Å². The quantitative estimate of drug-likeness (QED) is 0.750. The van der Waals surface area contributed by atoms with E-state index in [0.717, 1.165) is 5.75 Å². The Kier molecular flexibility index (Phi) is 3.25. The van der Waals surface area contributed by atoms with Gasteiger partial charge < -0.3 is 4.74 Å². The molecule has 0 unspecified atom stereocenters. The zero-order valence-corrected chi connectivity index (χ0v) is 9.73. The van der Waals surface area contributed by atoms with Crippen LogP contribution in [0.4, 0.5) is 0 Å². The van der Waals surface area contributed by atoms with Crippen LogP contribution in [0.25, 0.3) is 0 Å². The van der Waals surface area contributed by atoms with Crippen molar-refractivity contribution in [2.75, 3.05) is 0 Å². The Morgan fingerprint density at radius 3 is 2.44 bits per heavy atom. The maximum absolute atomic E-state index is 5.73. The first kappa shape index (κ1) is 10.7. The van der Waals surface area contributed by atoms with Crippen molar-refractivity contribution in [3.05, 3.63) is 65.2 Å². The highest BCUT2D eigenvalue weighted by Crippen LogP contribution is 2.15. The molecule has 2 aromatic rings. The van der Waals surface area contributed by atoms with Gasteiger partial charge in [-0.15, -0.1) is 0 Å². The lowest BCUT2D eigenvalue weighted by Gasteiger charge is -2.09. The van der Waals surface area contributed by atoms with Crippen LogP contribution in [0.5, 0.6) is 5.75 Å². The fourth-order valence-electron chi connectivity index (χ4n) is 1.63. The molecule has 0 aliphatic carbocycles. The van der Waals surface area contributed by atoms with Crippen LogP contribution in [-0.2, 0) is 6.61 Å². The molecule has 0 aliphatic rings. The third-order valence-corrected chi connectivity index (χ3v) is 2.64. The fourth-order valence-corrected chi connectivity index (χ4v) is 1.63. The summed E-state index contributed by atoms with van der Waals surface area (Å²) in [5.41, 5.74) is 3.81. The average Bonchev–Trinajstić information content (AvgIpc) is 2.32. The van der Waals surface area contributed by atoms with Crippen molar-refractivity contribution in [2.24, 2.45) is 0 Å². The maximum Gasteiger partial charge on any atom is 0.119 e. The van der Waals surface area contributed by atoms with Gasteiger partial charge in [0.25, 0.3) is 0 Å². The van der Waals surface area contributed by atoms with E-state index in [0.29, 0.717) is 6.61 Å². The number of benzene rings is 2. The largest absolute Gasteiger partial charge is 0.489 e. The fraction of sp³-hybridized carbons (Fsp3) is 0.200. The van der Waals surface area contributed by atoms with Crippen molar-refractivity contribution in [1.82, 2.24) is 0 Å². The number of rotatable bonds is 3. The summed E-state index contributed by atoms with van der Waals surface area (Å²) in [4.78, 5) is 0. The highest BCUT2D eigenvalue weighted by atomic mass is 16.5. The van der Waals surface area contributed by atoms with E-state index < -0.39 is 0 Å². The molecule has 1 heteroatoms. The van der Waals surface area contributed by atoms with Gasteiger partial charge in [-0.1, -0.05) is 42.0 Å². The molecule has 0 saturated carbocycles. The second-order valence-corrected chi connectivity index (χ2v) is 4.03. The topological polar surface area (TPSA) is 9.23 Å². The summed E-state index contributed by atoms with van der Waals surface area (Å²) in [5, 5.41) is 0. The summed E-state index contributed by atoms with van der Waals surface area (Å²) >= 11 is 0. The molecule has 0 amide bonds. The van der Waals surface area contributed by atoms with E-state index >= 15 is 0 Å². The molecule has 0 atom stereocenters. The lowest BCUT2D eigenvalue weighted by Crippen LogP contribution is -1.98. The monoisotopic (exact) mass is 212 g/mol. The number of hydrogen-bond donors (Lipinski definition) is 0. The van der Waals surface area contributed by atoms with Crippen LogP contribution in [0.2, 0.25) is 0 Å². The molecule has 0 bridgehead atoms. The van der Waals surface area contributed by atoms with Crippen molar-refractivity contribution < 1.29 is 4.74 Å². The molecule has 82 valence electrons. The summed E-state index contributed by atoms with van der Waals surface area (Å²) < 4.78 is 5.73.